The lowest BCUT2D eigenvalue weighted by Gasteiger charge is -2.30. The van der Waals surface area contributed by atoms with Gasteiger partial charge in [0.1, 0.15) is 11.6 Å². The first-order valence-corrected chi connectivity index (χ1v) is 11.8. The number of halogens is 1. The number of β-amino-alcohol motifs (C(OH)–C–C–N with tert-alkyl or cyclic N) is 1. The molecule has 2 fully saturated rings. The minimum Gasteiger partial charge on any atom is -0.390 e. The van der Waals surface area contributed by atoms with Gasteiger partial charge in [0.15, 0.2) is 17.5 Å². The van der Waals surface area contributed by atoms with Crippen molar-refractivity contribution in [2.45, 2.75) is 37.3 Å². The van der Waals surface area contributed by atoms with Crippen LogP contribution < -0.4 is 16.0 Å². The number of aromatic nitrogens is 5. The Kier molecular flexibility index (Phi) is 5.67. The van der Waals surface area contributed by atoms with E-state index in [4.69, 9.17) is 9.97 Å². The number of rotatable bonds is 6. The molecule has 35 heavy (non-hydrogen) atoms. The molecule has 1 aliphatic heterocycles. The molecule has 1 saturated carbocycles. The number of anilines is 3. The average Bonchev–Trinajstić information content (AvgIpc) is 3.72. The Morgan fingerprint density at radius 1 is 1.03 bits per heavy atom. The summed E-state index contributed by atoms with van der Waals surface area (Å²) >= 11 is 0. The van der Waals surface area contributed by atoms with E-state index >= 15 is 0 Å². The fraction of sp³-hybridized carbons (Fsp3) is 0.320. The molecule has 0 spiro atoms. The molecular formula is C25H25FN8O. The van der Waals surface area contributed by atoms with Gasteiger partial charge < -0.3 is 21.1 Å². The molecule has 0 unspecified atom stereocenters. The monoisotopic (exact) mass is 472 g/mol. The van der Waals surface area contributed by atoms with Crippen molar-refractivity contribution in [2.24, 2.45) is 0 Å². The number of piperidine rings is 1. The first kappa shape index (κ1) is 21.8. The van der Waals surface area contributed by atoms with Crippen LogP contribution in [0.2, 0.25) is 0 Å². The summed E-state index contributed by atoms with van der Waals surface area (Å²) in [6, 6.07) is 6.32. The Hall–Kier alpha value is -3.76. The molecule has 4 N–H and O–H groups in total. The van der Waals surface area contributed by atoms with Gasteiger partial charge in [-0.2, -0.15) is 0 Å². The van der Waals surface area contributed by atoms with Gasteiger partial charge >= 0.3 is 0 Å². The molecule has 4 aromatic rings. The molecule has 2 aliphatic rings. The molecule has 0 radical (unpaired) electrons. The number of aliphatic hydroxyl groups is 1. The van der Waals surface area contributed by atoms with Crippen LogP contribution in [0.25, 0.3) is 22.3 Å². The molecule has 0 bridgehead atoms. The predicted octanol–water partition coefficient (Wildman–Crippen LogP) is 3.38. The fourth-order valence-corrected chi connectivity index (χ4v) is 4.47. The van der Waals surface area contributed by atoms with Crippen molar-refractivity contribution in [2.75, 3.05) is 23.7 Å². The van der Waals surface area contributed by atoms with E-state index in [0.29, 0.717) is 35.5 Å². The summed E-state index contributed by atoms with van der Waals surface area (Å²) in [4.78, 5) is 22.5. The maximum Gasteiger partial charge on any atom is 0.167 e. The third-order valence-corrected chi connectivity index (χ3v) is 6.45. The molecule has 10 heteroatoms. The van der Waals surface area contributed by atoms with Crippen LogP contribution in [0.5, 0.6) is 0 Å². The largest absolute Gasteiger partial charge is 0.390 e. The van der Waals surface area contributed by atoms with Crippen LogP contribution in [0.15, 0.2) is 49.1 Å². The molecule has 0 aromatic carbocycles. The summed E-state index contributed by atoms with van der Waals surface area (Å²) in [5.74, 6) is 1.71. The maximum atomic E-state index is 14.1. The maximum absolute atomic E-state index is 14.1. The minimum atomic E-state index is -0.520. The van der Waals surface area contributed by atoms with Crippen molar-refractivity contribution in [3.05, 3.63) is 60.4 Å². The summed E-state index contributed by atoms with van der Waals surface area (Å²) in [7, 11) is 0. The lowest BCUT2D eigenvalue weighted by molar-refractivity contribution is 0.128. The van der Waals surface area contributed by atoms with Gasteiger partial charge in [0.2, 0.25) is 0 Å². The van der Waals surface area contributed by atoms with E-state index in [1.807, 2.05) is 12.3 Å². The van der Waals surface area contributed by atoms with E-state index < -0.39 is 11.9 Å². The second kappa shape index (κ2) is 9.12. The van der Waals surface area contributed by atoms with Gasteiger partial charge in [0.05, 0.1) is 23.9 Å². The number of nitrogens with zero attached hydrogens (tertiary/aromatic N) is 5. The highest BCUT2D eigenvalue weighted by Crippen LogP contribution is 2.44. The van der Waals surface area contributed by atoms with Crippen LogP contribution in [-0.2, 0) is 0 Å². The number of hydrogen-bond donors (Lipinski definition) is 4. The topological polar surface area (TPSA) is 121 Å². The predicted molar refractivity (Wildman–Crippen MR) is 131 cm³/mol. The standard InChI is InChI=1S/C25H25FN8O/c26-17-2-1-7-30-24(17)33-21-10-15(5-9-29-21)23-32-19-12-28-11-16(14-3-4-14)22(19)25(34-23)31-18-6-8-27-13-20(18)35/h1-2,5,7,9-12,14,18,20,27,35H,3-4,6,8,13H2,(H,29,30,33)(H,31,32,34)/t18-,20-/m1/s1. The normalized spacial score (nSPS) is 20.1. The van der Waals surface area contributed by atoms with Crippen LogP contribution in [-0.4, -0.2) is 55.3 Å². The zero-order chi connectivity index (χ0) is 23.8. The Balaban J connectivity index is 1.41. The second-order valence-corrected chi connectivity index (χ2v) is 8.99. The SMILES string of the molecule is O[C@@H]1CNCC[C@H]1Nc1nc(-c2ccnc(Nc3ncccc3F)c2)nc2cncc(C3CC3)c12. The number of fused-ring (bicyclic) bond motifs is 1. The van der Waals surface area contributed by atoms with E-state index in [1.165, 1.54) is 18.3 Å². The van der Waals surface area contributed by atoms with Gasteiger partial charge in [-0.05, 0) is 61.6 Å². The quantitative estimate of drug-likeness (QED) is 0.335. The summed E-state index contributed by atoms with van der Waals surface area (Å²) in [6.07, 6.45) is 9.30. The van der Waals surface area contributed by atoms with Gasteiger partial charge in [-0.1, -0.05) is 0 Å². The van der Waals surface area contributed by atoms with Crippen LogP contribution in [0, 0.1) is 5.82 Å². The van der Waals surface area contributed by atoms with Crippen molar-refractivity contribution >= 4 is 28.4 Å². The van der Waals surface area contributed by atoms with E-state index in [-0.39, 0.29) is 11.9 Å². The zero-order valence-electron chi connectivity index (χ0n) is 18.9. The average molecular weight is 473 g/mol. The number of aliphatic hydroxyl groups excluding tert-OH is 1. The van der Waals surface area contributed by atoms with Gasteiger partial charge in [-0.25, -0.2) is 24.3 Å². The van der Waals surface area contributed by atoms with Crippen molar-refractivity contribution in [1.82, 2.24) is 30.2 Å². The van der Waals surface area contributed by atoms with Crippen LogP contribution >= 0.6 is 0 Å². The van der Waals surface area contributed by atoms with Gasteiger partial charge in [0, 0.05) is 36.1 Å². The van der Waals surface area contributed by atoms with E-state index in [2.05, 4.69) is 30.9 Å². The molecule has 0 amide bonds. The van der Waals surface area contributed by atoms with Crippen molar-refractivity contribution in [1.29, 1.82) is 0 Å². The first-order chi connectivity index (χ1) is 17.2. The van der Waals surface area contributed by atoms with Crippen molar-refractivity contribution < 1.29 is 9.50 Å². The number of hydrogen-bond acceptors (Lipinski definition) is 9. The van der Waals surface area contributed by atoms with E-state index in [1.54, 1.807) is 18.5 Å². The Labute approximate surface area is 201 Å². The molecule has 1 saturated heterocycles. The smallest absolute Gasteiger partial charge is 0.167 e. The molecule has 2 atom stereocenters. The van der Waals surface area contributed by atoms with Gasteiger partial charge in [0.25, 0.3) is 0 Å². The Bertz CT molecular complexity index is 1380. The summed E-state index contributed by atoms with van der Waals surface area (Å²) in [5, 5.41) is 21.1. The fourth-order valence-electron chi connectivity index (χ4n) is 4.47. The second-order valence-electron chi connectivity index (χ2n) is 8.99. The van der Waals surface area contributed by atoms with Gasteiger partial charge in [-0.3, -0.25) is 4.98 Å². The van der Waals surface area contributed by atoms with Gasteiger partial charge in [-0.15, -0.1) is 0 Å². The Morgan fingerprint density at radius 2 is 1.94 bits per heavy atom. The summed E-state index contributed by atoms with van der Waals surface area (Å²) in [6.45, 7) is 1.36. The number of pyridine rings is 3. The molecule has 178 valence electrons. The van der Waals surface area contributed by atoms with Crippen molar-refractivity contribution in [3.8, 4) is 11.4 Å². The van der Waals surface area contributed by atoms with Crippen molar-refractivity contribution in [3.63, 3.8) is 0 Å². The molecule has 4 aromatic heterocycles. The van der Waals surface area contributed by atoms with Crippen LogP contribution in [0.4, 0.5) is 21.8 Å². The first-order valence-electron chi connectivity index (χ1n) is 11.8. The highest BCUT2D eigenvalue weighted by molar-refractivity contribution is 5.93. The molecular weight excluding hydrogens is 447 g/mol. The summed E-state index contributed by atoms with van der Waals surface area (Å²) in [5.41, 5.74) is 2.60. The lowest BCUT2D eigenvalue weighted by atomic mass is 10.0. The Morgan fingerprint density at radius 3 is 2.77 bits per heavy atom. The number of nitrogens with one attached hydrogen (secondary N) is 3. The van der Waals surface area contributed by atoms with Crippen LogP contribution in [0.3, 0.4) is 0 Å². The zero-order valence-corrected chi connectivity index (χ0v) is 18.9. The van der Waals surface area contributed by atoms with Crippen LogP contribution in [0.1, 0.15) is 30.7 Å². The highest BCUT2D eigenvalue weighted by atomic mass is 19.1. The third-order valence-electron chi connectivity index (χ3n) is 6.45. The highest BCUT2D eigenvalue weighted by Gasteiger charge is 2.29. The lowest BCUT2D eigenvalue weighted by Crippen LogP contribution is -2.47. The molecule has 6 rings (SSSR count). The van der Waals surface area contributed by atoms with E-state index in [9.17, 15) is 9.50 Å². The third kappa shape index (κ3) is 4.50. The summed E-state index contributed by atoms with van der Waals surface area (Å²) < 4.78 is 14.1. The molecule has 9 nitrogen and oxygen atoms in total. The molecule has 1 aliphatic carbocycles. The minimum absolute atomic E-state index is 0.0945. The van der Waals surface area contributed by atoms with E-state index in [0.717, 1.165) is 42.3 Å². The molecule has 5 heterocycles.